The summed E-state index contributed by atoms with van der Waals surface area (Å²) in [6.07, 6.45) is 1.60. The highest BCUT2D eigenvalue weighted by Crippen LogP contribution is 2.13. The van der Waals surface area contributed by atoms with E-state index < -0.39 is 0 Å². The second-order valence-corrected chi connectivity index (χ2v) is 3.62. The molecular weight excluding hydrogens is 212 g/mol. The van der Waals surface area contributed by atoms with Gasteiger partial charge in [-0.05, 0) is 35.4 Å². The van der Waals surface area contributed by atoms with Gasteiger partial charge < -0.3 is 10.6 Å². The molecule has 0 aliphatic rings. The zero-order valence-corrected chi connectivity index (χ0v) is 9.41. The van der Waals surface area contributed by atoms with Gasteiger partial charge >= 0.3 is 0 Å². The number of hydrogen-bond donors (Lipinski definition) is 1. The average molecular weight is 226 g/mol. The van der Waals surface area contributed by atoms with Crippen molar-refractivity contribution in [1.82, 2.24) is 0 Å². The summed E-state index contributed by atoms with van der Waals surface area (Å²) >= 11 is 0. The predicted molar refractivity (Wildman–Crippen MR) is 69.0 cm³/mol. The van der Waals surface area contributed by atoms with Crippen LogP contribution in [0.4, 0.5) is 0 Å². The smallest absolute Gasteiger partial charge is 0.119 e. The van der Waals surface area contributed by atoms with Crippen LogP contribution in [-0.4, -0.2) is 6.21 Å². The van der Waals surface area contributed by atoms with Crippen LogP contribution in [0, 0.1) is 0 Å². The van der Waals surface area contributed by atoms with Crippen molar-refractivity contribution in [1.29, 1.82) is 0 Å². The molecule has 0 aromatic heterocycles. The fourth-order valence-corrected chi connectivity index (χ4v) is 1.48. The lowest BCUT2D eigenvalue weighted by molar-refractivity contribution is 0.306. The van der Waals surface area contributed by atoms with Crippen molar-refractivity contribution in [2.45, 2.75) is 6.61 Å². The molecule has 2 rings (SSSR count). The Hall–Kier alpha value is -2.29. The first-order chi connectivity index (χ1) is 8.38. The molecule has 0 fully saturated rings. The molecule has 2 N–H and O–H groups in total. The Morgan fingerprint density at radius 3 is 2.35 bits per heavy atom. The van der Waals surface area contributed by atoms with Gasteiger partial charge in [0.05, 0.1) is 6.21 Å². The molecule has 86 valence electrons. The lowest BCUT2D eigenvalue weighted by Crippen LogP contribution is -1.95. The molecule has 0 heterocycles. The lowest BCUT2D eigenvalue weighted by Gasteiger charge is -2.06. The molecule has 3 nitrogen and oxygen atoms in total. The second kappa shape index (κ2) is 5.70. The summed E-state index contributed by atoms with van der Waals surface area (Å²) in [5.74, 6) is 5.91. The number of nitrogens with zero attached hydrogens (tertiary/aromatic N) is 1. The normalized spacial score (nSPS) is 10.6. The quantitative estimate of drug-likeness (QED) is 0.495. The Morgan fingerprint density at radius 2 is 1.71 bits per heavy atom. The number of rotatable bonds is 4. The first-order valence-electron chi connectivity index (χ1n) is 5.38. The first-order valence-corrected chi connectivity index (χ1v) is 5.38. The topological polar surface area (TPSA) is 47.6 Å². The van der Waals surface area contributed by atoms with Gasteiger partial charge in [-0.1, -0.05) is 30.3 Å². The van der Waals surface area contributed by atoms with Gasteiger partial charge in [0, 0.05) is 0 Å². The largest absolute Gasteiger partial charge is 0.489 e. The minimum atomic E-state index is 0.575. The fraction of sp³-hybridized carbons (Fsp3) is 0.0714. The van der Waals surface area contributed by atoms with Crippen molar-refractivity contribution in [2.75, 3.05) is 0 Å². The van der Waals surface area contributed by atoms with E-state index in [1.54, 1.807) is 6.21 Å². The van der Waals surface area contributed by atoms with E-state index in [9.17, 15) is 0 Å². The van der Waals surface area contributed by atoms with Crippen LogP contribution in [0.3, 0.4) is 0 Å². The Kier molecular flexibility index (Phi) is 3.76. The van der Waals surface area contributed by atoms with Crippen LogP contribution in [-0.2, 0) is 6.61 Å². The average Bonchev–Trinajstić information content (AvgIpc) is 2.40. The van der Waals surface area contributed by atoms with Gasteiger partial charge in [-0.15, -0.1) is 0 Å². The first kappa shape index (κ1) is 11.2. The summed E-state index contributed by atoms with van der Waals surface area (Å²) in [7, 11) is 0. The van der Waals surface area contributed by atoms with E-state index in [0.29, 0.717) is 6.61 Å². The summed E-state index contributed by atoms with van der Waals surface area (Å²) in [5.41, 5.74) is 2.11. The van der Waals surface area contributed by atoms with Gasteiger partial charge in [0.25, 0.3) is 0 Å². The predicted octanol–water partition coefficient (Wildman–Crippen LogP) is 2.56. The zero-order valence-electron chi connectivity index (χ0n) is 9.41. The van der Waals surface area contributed by atoms with E-state index in [0.717, 1.165) is 16.9 Å². The number of hydrogen-bond acceptors (Lipinski definition) is 3. The van der Waals surface area contributed by atoms with Crippen LogP contribution in [0.25, 0.3) is 0 Å². The molecule has 0 saturated carbocycles. The highest BCUT2D eigenvalue weighted by atomic mass is 16.5. The molecule has 0 aliphatic heterocycles. The number of benzene rings is 2. The molecule has 0 amide bonds. The molecule has 0 atom stereocenters. The number of ether oxygens (including phenoxy) is 1. The Bertz CT molecular complexity index is 477. The van der Waals surface area contributed by atoms with Crippen LogP contribution in [0.5, 0.6) is 5.75 Å². The number of nitrogens with two attached hydrogens (primary N) is 1. The minimum absolute atomic E-state index is 0.575. The maximum atomic E-state index is 5.65. The third kappa shape index (κ3) is 3.34. The van der Waals surface area contributed by atoms with Gasteiger partial charge in [0.2, 0.25) is 0 Å². The van der Waals surface area contributed by atoms with Crippen molar-refractivity contribution in [3.05, 3.63) is 65.7 Å². The molecule has 2 aromatic carbocycles. The van der Waals surface area contributed by atoms with E-state index >= 15 is 0 Å². The van der Waals surface area contributed by atoms with Crippen LogP contribution >= 0.6 is 0 Å². The number of hydrazone groups is 1. The highest BCUT2D eigenvalue weighted by molar-refractivity contribution is 5.79. The summed E-state index contributed by atoms with van der Waals surface area (Å²) in [5, 5.41) is 3.46. The van der Waals surface area contributed by atoms with Crippen molar-refractivity contribution in [2.24, 2.45) is 10.9 Å². The molecule has 0 radical (unpaired) electrons. The van der Waals surface area contributed by atoms with Crippen LogP contribution in [0.15, 0.2) is 59.7 Å². The fourth-order valence-electron chi connectivity index (χ4n) is 1.48. The molecule has 3 heteroatoms. The van der Waals surface area contributed by atoms with Gasteiger partial charge in [0.1, 0.15) is 12.4 Å². The molecule has 17 heavy (non-hydrogen) atoms. The van der Waals surface area contributed by atoms with Crippen LogP contribution in [0.1, 0.15) is 11.1 Å². The summed E-state index contributed by atoms with van der Waals surface area (Å²) in [6.45, 7) is 0.575. The van der Waals surface area contributed by atoms with E-state index in [2.05, 4.69) is 5.10 Å². The Morgan fingerprint density at radius 1 is 1.00 bits per heavy atom. The Balaban J connectivity index is 1.95. The maximum absolute atomic E-state index is 5.65. The van der Waals surface area contributed by atoms with Crippen molar-refractivity contribution in [3.8, 4) is 5.75 Å². The van der Waals surface area contributed by atoms with E-state index in [-0.39, 0.29) is 0 Å². The van der Waals surface area contributed by atoms with E-state index in [1.807, 2.05) is 54.6 Å². The van der Waals surface area contributed by atoms with Crippen molar-refractivity contribution >= 4 is 6.21 Å². The van der Waals surface area contributed by atoms with Crippen molar-refractivity contribution < 1.29 is 4.74 Å². The van der Waals surface area contributed by atoms with Crippen LogP contribution < -0.4 is 10.6 Å². The molecule has 0 unspecified atom stereocenters. The van der Waals surface area contributed by atoms with Gasteiger partial charge in [-0.25, -0.2) is 0 Å². The summed E-state index contributed by atoms with van der Waals surface area (Å²) in [4.78, 5) is 0. The SMILES string of the molecule is NN=Cc1ccc(OCc2ccccc2)cc1. The third-order valence-electron chi connectivity index (χ3n) is 2.35. The van der Waals surface area contributed by atoms with Crippen LogP contribution in [0.2, 0.25) is 0 Å². The lowest BCUT2D eigenvalue weighted by atomic mass is 10.2. The monoisotopic (exact) mass is 226 g/mol. The molecule has 0 bridgehead atoms. The zero-order chi connectivity index (χ0) is 11.9. The molecular formula is C14H14N2O. The summed E-state index contributed by atoms with van der Waals surface area (Å²) < 4.78 is 5.65. The van der Waals surface area contributed by atoms with E-state index in [1.165, 1.54) is 0 Å². The van der Waals surface area contributed by atoms with Gasteiger partial charge in [-0.3, -0.25) is 0 Å². The summed E-state index contributed by atoms with van der Waals surface area (Å²) in [6, 6.07) is 17.7. The molecule has 2 aromatic rings. The standard InChI is InChI=1S/C14H14N2O/c15-16-10-12-6-8-14(9-7-12)17-11-13-4-2-1-3-5-13/h1-10H,11,15H2. The van der Waals surface area contributed by atoms with Gasteiger partial charge in [-0.2, -0.15) is 5.10 Å². The van der Waals surface area contributed by atoms with Crippen molar-refractivity contribution in [3.63, 3.8) is 0 Å². The van der Waals surface area contributed by atoms with Gasteiger partial charge in [0.15, 0.2) is 0 Å². The second-order valence-electron chi connectivity index (χ2n) is 3.62. The molecule has 0 aliphatic carbocycles. The third-order valence-corrected chi connectivity index (χ3v) is 2.35. The highest BCUT2D eigenvalue weighted by Gasteiger charge is 1.95. The molecule has 0 saturated heterocycles. The van der Waals surface area contributed by atoms with E-state index in [4.69, 9.17) is 10.6 Å². The molecule has 0 spiro atoms. The Labute approximate surface area is 101 Å². The maximum Gasteiger partial charge on any atom is 0.119 e. The minimum Gasteiger partial charge on any atom is -0.489 e.